The molecular formula is C23H25FIN3O6S. The highest BCUT2D eigenvalue weighted by Crippen LogP contribution is 2.41. The predicted octanol–water partition coefficient (Wildman–Crippen LogP) is 5.20. The van der Waals surface area contributed by atoms with Crippen LogP contribution in [-0.4, -0.2) is 41.8 Å². The first-order chi connectivity index (χ1) is 16.1. The molecule has 0 saturated heterocycles. The zero-order valence-electron chi connectivity index (χ0n) is 20.0. The van der Waals surface area contributed by atoms with Gasteiger partial charge in [-0.1, -0.05) is 6.07 Å². The van der Waals surface area contributed by atoms with Crippen molar-refractivity contribution in [3.8, 4) is 0 Å². The molecule has 6 aromatic rings. The van der Waals surface area contributed by atoms with Crippen LogP contribution in [-0.2, 0) is 24.3 Å². The zero-order valence-corrected chi connectivity index (χ0v) is 23.0. The number of carbonyl (C=O) groups is 2. The fourth-order valence-corrected chi connectivity index (χ4v) is 5.25. The molecule has 12 heteroatoms. The predicted molar refractivity (Wildman–Crippen MR) is 137 cm³/mol. The number of rotatable bonds is 4. The van der Waals surface area contributed by atoms with Crippen LogP contribution >= 0.6 is 22.6 Å². The minimum Gasteiger partial charge on any atom is -0.462 e. The Bertz CT molecular complexity index is 1460. The smallest absolute Gasteiger partial charge is 0.429 e. The van der Waals surface area contributed by atoms with Gasteiger partial charge in [0, 0.05) is 0 Å². The van der Waals surface area contributed by atoms with E-state index < -0.39 is 27.5 Å². The molecule has 4 heterocycles. The second kappa shape index (κ2) is 9.37. The lowest BCUT2D eigenvalue weighted by atomic mass is 10.1. The monoisotopic (exact) mass is 617 g/mol. The second-order valence-electron chi connectivity index (χ2n) is 9.56. The van der Waals surface area contributed by atoms with Crippen LogP contribution in [0.25, 0.3) is 16.4 Å². The van der Waals surface area contributed by atoms with Crippen LogP contribution in [0, 0.1) is 9.52 Å². The van der Waals surface area contributed by atoms with Crippen molar-refractivity contribution in [2.75, 3.05) is 4.31 Å². The van der Waals surface area contributed by atoms with E-state index in [-0.39, 0.29) is 16.2 Å². The Balaban J connectivity index is 0.000000429. The van der Waals surface area contributed by atoms with E-state index in [2.05, 4.69) is 9.84 Å². The van der Waals surface area contributed by atoms with Gasteiger partial charge in [0.25, 0.3) is 16.5 Å². The van der Waals surface area contributed by atoms with Crippen LogP contribution in [0.15, 0.2) is 41.3 Å². The van der Waals surface area contributed by atoms with Gasteiger partial charge in [0.1, 0.15) is 26.2 Å². The number of anilines is 1. The first kappa shape index (κ1) is 26.9. The number of amides is 1. The Hall–Kier alpha value is -2.74. The molecule has 0 aliphatic rings. The number of hydrogen-bond acceptors (Lipinski definition) is 7. The maximum atomic E-state index is 13.7. The van der Waals surface area contributed by atoms with Crippen LogP contribution < -0.4 is 4.31 Å². The largest absolute Gasteiger partial charge is 0.462 e. The standard InChI is InChI=1S/C18H15FIN3O4S.C5H10O2/c1-18(2,3)27-17(24)23(28(25,26)11-6-4-5-10(19)9-11)13-8-7-12-14-15(13)22(12)21-16(14)20;1-5(2,3)7-4-6/h4-9H,1-3H3;4H,1-3H3. The molecule has 0 radical (unpaired) electrons. The van der Waals surface area contributed by atoms with Crippen molar-refractivity contribution in [2.45, 2.75) is 57.6 Å². The highest BCUT2D eigenvalue weighted by molar-refractivity contribution is 14.1. The second-order valence-corrected chi connectivity index (χ2v) is 12.4. The zero-order chi connectivity index (χ0) is 26.3. The van der Waals surface area contributed by atoms with Crippen LogP contribution in [0.5, 0.6) is 0 Å². The van der Waals surface area contributed by atoms with E-state index in [4.69, 9.17) is 4.74 Å². The fraction of sp³-hybridized carbons (Fsp3) is 0.348. The Labute approximate surface area is 216 Å². The van der Waals surface area contributed by atoms with Gasteiger partial charge < -0.3 is 9.47 Å². The maximum absolute atomic E-state index is 13.7. The van der Waals surface area contributed by atoms with Gasteiger partial charge in [-0.15, -0.1) is 0 Å². The number of aromatic nitrogens is 2. The third kappa shape index (κ3) is 5.58. The fourth-order valence-electron chi connectivity index (χ4n) is 3.14. The summed E-state index contributed by atoms with van der Waals surface area (Å²) < 4.78 is 53.0. The van der Waals surface area contributed by atoms with E-state index in [0.717, 1.165) is 23.0 Å². The van der Waals surface area contributed by atoms with E-state index >= 15 is 0 Å². The quantitative estimate of drug-likeness (QED) is 0.229. The number of sulfonamides is 1. The van der Waals surface area contributed by atoms with Crippen molar-refractivity contribution < 1.29 is 31.9 Å². The van der Waals surface area contributed by atoms with E-state index in [0.29, 0.717) is 20.0 Å². The molecular weight excluding hydrogens is 592 g/mol. The Morgan fingerprint density at radius 3 is 2.23 bits per heavy atom. The third-order valence-electron chi connectivity index (χ3n) is 4.48. The number of ether oxygens (including phenoxy) is 2. The summed E-state index contributed by atoms with van der Waals surface area (Å²) in [5.41, 5.74) is 0.217. The summed E-state index contributed by atoms with van der Waals surface area (Å²) in [6.45, 7) is 10.8. The minimum absolute atomic E-state index is 0.110. The van der Waals surface area contributed by atoms with E-state index in [1.54, 1.807) is 31.4 Å². The highest BCUT2D eigenvalue weighted by Gasteiger charge is 2.38. The van der Waals surface area contributed by atoms with Crippen molar-refractivity contribution in [1.29, 1.82) is 0 Å². The molecule has 0 spiro atoms. The summed E-state index contributed by atoms with van der Waals surface area (Å²) in [5.74, 6) is -0.725. The van der Waals surface area contributed by atoms with Crippen LogP contribution in [0.1, 0.15) is 41.5 Å². The van der Waals surface area contributed by atoms with E-state index in [9.17, 15) is 22.4 Å². The maximum Gasteiger partial charge on any atom is 0.429 e. The van der Waals surface area contributed by atoms with E-state index in [1.807, 2.05) is 43.4 Å². The minimum atomic E-state index is -4.43. The molecule has 0 atom stereocenters. The van der Waals surface area contributed by atoms with Crippen molar-refractivity contribution in [3.63, 3.8) is 0 Å². The van der Waals surface area contributed by atoms with Gasteiger partial charge in [-0.3, -0.25) is 4.79 Å². The Morgan fingerprint density at radius 1 is 1.11 bits per heavy atom. The number of benzene rings is 2. The van der Waals surface area contributed by atoms with Crippen LogP contribution in [0.4, 0.5) is 14.9 Å². The van der Waals surface area contributed by atoms with Crippen LogP contribution in [0.3, 0.4) is 0 Å². The number of hydrogen-bond donors (Lipinski definition) is 0. The lowest BCUT2D eigenvalue weighted by Gasteiger charge is -2.28. The van der Waals surface area contributed by atoms with E-state index in [1.165, 1.54) is 18.2 Å². The third-order valence-corrected chi connectivity index (χ3v) is 6.91. The molecule has 0 unspecified atom stereocenters. The number of nitrogens with zero attached hydrogens (tertiary/aromatic N) is 3. The molecule has 4 aromatic heterocycles. The molecule has 0 fully saturated rings. The summed E-state index contributed by atoms with van der Waals surface area (Å²) in [6, 6.07) is 7.71. The van der Waals surface area contributed by atoms with Crippen molar-refractivity contribution >= 4 is 67.3 Å². The Kier molecular flexibility index (Phi) is 7.19. The first-order valence-electron chi connectivity index (χ1n) is 10.4. The molecule has 0 aliphatic heterocycles. The molecule has 2 aromatic carbocycles. The molecule has 6 rings (SSSR count). The summed E-state index contributed by atoms with van der Waals surface area (Å²) in [4.78, 5) is 22.2. The average Bonchev–Trinajstić information content (AvgIpc) is 3.22. The lowest BCUT2D eigenvalue weighted by molar-refractivity contribution is -0.138. The molecule has 0 saturated carbocycles. The number of halogens is 2. The molecule has 0 aliphatic carbocycles. The molecule has 9 nitrogen and oxygen atoms in total. The SMILES string of the molecule is CC(C)(C)OC(=O)N(c1ccc2c3c(I)nn2c13)S(=O)(=O)c1cccc(F)c1.CC(C)(C)OC=O. The lowest BCUT2D eigenvalue weighted by Crippen LogP contribution is -2.41. The summed E-state index contributed by atoms with van der Waals surface area (Å²) in [5, 5.41) is 5.08. The van der Waals surface area contributed by atoms with Gasteiger partial charge in [0.15, 0.2) is 0 Å². The average molecular weight is 617 g/mol. The van der Waals surface area contributed by atoms with Crippen molar-refractivity contribution in [2.24, 2.45) is 0 Å². The van der Waals surface area contributed by atoms with Crippen LogP contribution in [0.2, 0.25) is 0 Å². The van der Waals surface area contributed by atoms with Crippen molar-refractivity contribution in [1.82, 2.24) is 9.61 Å². The molecule has 1 amide bonds. The van der Waals surface area contributed by atoms with Gasteiger partial charge in [-0.2, -0.15) is 9.40 Å². The van der Waals surface area contributed by atoms with Gasteiger partial charge in [-0.05, 0) is 94.5 Å². The molecule has 4 bridgehead atoms. The van der Waals surface area contributed by atoms with Crippen molar-refractivity contribution in [3.05, 3.63) is 45.9 Å². The van der Waals surface area contributed by atoms with Gasteiger partial charge in [0.05, 0.1) is 21.5 Å². The van der Waals surface area contributed by atoms with Gasteiger partial charge in [0.2, 0.25) is 0 Å². The molecule has 35 heavy (non-hydrogen) atoms. The van der Waals surface area contributed by atoms with Gasteiger partial charge >= 0.3 is 6.09 Å². The number of fused-ring (bicyclic) bond motifs is 3. The summed E-state index contributed by atoms with van der Waals surface area (Å²) in [6.07, 6.45) is -1.07. The summed E-state index contributed by atoms with van der Waals surface area (Å²) in [7, 11) is -4.43. The molecule has 0 N–H and O–H groups in total. The topological polar surface area (TPSA) is 107 Å². The summed E-state index contributed by atoms with van der Waals surface area (Å²) >= 11 is 2.05. The highest BCUT2D eigenvalue weighted by atomic mass is 127. The normalized spacial score (nSPS) is 12.5. The van der Waals surface area contributed by atoms with Gasteiger partial charge in [-0.25, -0.2) is 22.1 Å². The first-order valence-corrected chi connectivity index (χ1v) is 13.0. The number of carbonyl (C=O) groups excluding carboxylic acids is 2. The number of pyridine rings is 1. The Morgan fingerprint density at radius 2 is 1.77 bits per heavy atom. The molecule has 188 valence electrons.